The fourth-order valence-electron chi connectivity index (χ4n) is 5.12. The van der Waals surface area contributed by atoms with Gasteiger partial charge in [-0.2, -0.15) is 0 Å². The number of aryl methyl sites for hydroxylation is 1. The number of thioether (sulfide) groups is 1. The molecular weight excluding hydrogens is 566 g/mol. The Morgan fingerprint density at radius 1 is 0.932 bits per heavy atom. The summed E-state index contributed by atoms with van der Waals surface area (Å²) in [5.74, 6) is -0.0538. The predicted octanol–water partition coefficient (Wildman–Crippen LogP) is 8.83. The first-order valence-corrected chi connectivity index (χ1v) is 15.9. The van der Waals surface area contributed by atoms with E-state index in [4.69, 9.17) is 4.74 Å². The molecule has 0 bridgehead atoms. The van der Waals surface area contributed by atoms with Crippen molar-refractivity contribution >= 4 is 28.6 Å². The molecule has 5 aromatic rings. The molecule has 3 aromatic heterocycles. The van der Waals surface area contributed by atoms with Crippen LogP contribution in [0.5, 0.6) is 5.75 Å². The summed E-state index contributed by atoms with van der Waals surface area (Å²) in [6.07, 6.45) is 5.05. The summed E-state index contributed by atoms with van der Waals surface area (Å²) in [6, 6.07) is 24.7. The number of aromatic nitrogens is 3. The van der Waals surface area contributed by atoms with Crippen LogP contribution in [0.2, 0.25) is 0 Å². The number of fused-ring (bicyclic) bond motifs is 1. The van der Waals surface area contributed by atoms with Crippen LogP contribution < -0.4 is 4.74 Å². The van der Waals surface area contributed by atoms with E-state index in [-0.39, 0.29) is 4.75 Å². The van der Waals surface area contributed by atoms with Crippen LogP contribution in [-0.2, 0) is 30.8 Å². The maximum Gasteiger partial charge on any atom is 0.309 e. The largest absolute Gasteiger partial charge is 0.487 e. The zero-order chi connectivity index (χ0) is 31.5. The second-order valence-corrected chi connectivity index (χ2v) is 14.7. The van der Waals surface area contributed by atoms with Crippen molar-refractivity contribution in [1.82, 2.24) is 14.5 Å². The van der Waals surface area contributed by atoms with Crippen molar-refractivity contribution in [1.29, 1.82) is 0 Å². The summed E-state index contributed by atoms with van der Waals surface area (Å²) in [6.45, 7) is 13.3. The molecule has 1 N–H and O–H groups in total. The highest BCUT2D eigenvalue weighted by atomic mass is 32.2. The maximum absolute atomic E-state index is 12.3. The molecule has 2 aromatic carbocycles. The van der Waals surface area contributed by atoms with Gasteiger partial charge in [-0.3, -0.25) is 14.8 Å². The Labute approximate surface area is 264 Å². The number of ether oxygens (including phenoxy) is 1. The average molecular weight is 608 g/mol. The molecule has 0 saturated carbocycles. The van der Waals surface area contributed by atoms with Crippen molar-refractivity contribution in [2.45, 2.75) is 77.2 Å². The van der Waals surface area contributed by atoms with Crippen LogP contribution >= 0.6 is 11.8 Å². The third-order valence-corrected chi connectivity index (χ3v) is 8.90. The van der Waals surface area contributed by atoms with Gasteiger partial charge in [0.25, 0.3) is 0 Å². The molecule has 0 aliphatic rings. The zero-order valence-electron chi connectivity index (χ0n) is 26.4. The number of carbonyl (C=O) groups is 1. The van der Waals surface area contributed by atoms with Crippen LogP contribution in [0, 0.1) is 5.41 Å². The Morgan fingerprint density at radius 2 is 1.68 bits per heavy atom. The second kappa shape index (κ2) is 12.9. The monoisotopic (exact) mass is 607 g/mol. The van der Waals surface area contributed by atoms with Crippen LogP contribution in [0.1, 0.15) is 64.1 Å². The van der Waals surface area contributed by atoms with E-state index in [9.17, 15) is 9.90 Å². The number of carboxylic acid groups (broad SMARTS) is 1. The van der Waals surface area contributed by atoms with E-state index in [2.05, 4.69) is 84.7 Å². The van der Waals surface area contributed by atoms with E-state index in [0.717, 1.165) is 56.2 Å². The number of aliphatic carboxylic acids is 1. The number of hydrogen-bond donors (Lipinski definition) is 1. The van der Waals surface area contributed by atoms with Crippen molar-refractivity contribution < 1.29 is 14.6 Å². The molecule has 44 heavy (non-hydrogen) atoms. The van der Waals surface area contributed by atoms with Crippen molar-refractivity contribution in [3.8, 4) is 17.0 Å². The lowest BCUT2D eigenvalue weighted by Crippen LogP contribution is -2.28. The molecule has 7 heteroatoms. The van der Waals surface area contributed by atoms with Crippen molar-refractivity contribution in [2.24, 2.45) is 5.41 Å². The first-order valence-electron chi connectivity index (χ1n) is 15.1. The Morgan fingerprint density at radius 3 is 2.30 bits per heavy atom. The Bertz CT molecular complexity index is 1740. The van der Waals surface area contributed by atoms with Gasteiger partial charge >= 0.3 is 5.97 Å². The lowest BCUT2D eigenvalue weighted by Gasteiger charge is -2.24. The number of rotatable bonds is 11. The quantitative estimate of drug-likeness (QED) is 0.151. The Kier molecular flexibility index (Phi) is 9.16. The standard InChI is InChI=1S/C37H41N3O3S/c1-7-25-13-16-28(39-22-25)24-43-29-17-18-32-30(20-29)34(44-36(2,3)4)33(21-37(5,6)35(41)42)40(32)23-26-11-14-27(15-12-26)31-10-8-9-19-38-31/h8-20,22H,7,21,23-24H2,1-6H3,(H,41,42). The van der Waals surface area contributed by atoms with Crippen molar-refractivity contribution in [2.75, 3.05) is 0 Å². The van der Waals surface area contributed by atoms with Gasteiger partial charge in [0, 0.05) is 57.2 Å². The lowest BCUT2D eigenvalue weighted by molar-refractivity contribution is -0.146. The van der Waals surface area contributed by atoms with Crippen LogP contribution in [0.15, 0.2) is 90.1 Å². The fraction of sp³-hybridized carbons (Fsp3) is 0.324. The molecule has 6 nitrogen and oxygen atoms in total. The third-order valence-electron chi connectivity index (χ3n) is 7.62. The minimum atomic E-state index is -0.947. The van der Waals surface area contributed by atoms with E-state index in [1.54, 1.807) is 31.8 Å². The SMILES string of the molecule is CCc1ccc(COc2ccc3c(c2)c(SC(C)(C)C)c(CC(C)(C)C(=O)O)n3Cc2ccc(-c3ccccn3)cc2)nc1. The minimum absolute atomic E-state index is 0.0899. The van der Waals surface area contributed by atoms with Gasteiger partial charge in [0.15, 0.2) is 0 Å². The minimum Gasteiger partial charge on any atom is -0.487 e. The molecule has 0 amide bonds. The summed E-state index contributed by atoms with van der Waals surface area (Å²) < 4.78 is 8.44. The molecule has 0 aliphatic carbocycles. The highest BCUT2D eigenvalue weighted by molar-refractivity contribution is 8.00. The smallest absolute Gasteiger partial charge is 0.309 e. The molecular formula is C37H41N3O3S. The van der Waals surface area contributed by atoms with E-state index in [1.807, 2.05) is 36.5 Å². The van der Waals surface area contributed by atoms with Gasteiger partial charge in [-0.1, -0.05) is 64.1 Å². The van der Waals surface area contributed by atoms with Gasteiger partial charge in [0.05, 0.1) is 16.8 Å². The molecule has 0 unspecified atom stereocenters. The molecule has 0 fully saturated rings. The summed E-state index contributed by atoms with van der Waals surface area (Å²) in [4.78, 5) is 22.5. The molecule has 0 saturated heterocycles. The van der Waals surface area contributed by atoms with Crippen molar-refractivity contribution in [3.05, 3.63) is 108 Å². The third kappa shape index (κ3) is 7.33. The van der Waals surface area contributed by atoms with Gasteiger partial charge in [-0.05, 0) is 67.8 Å². The number of nitrogens with zero attached hydrogens (tertiary/aromatic N) is 3. The topological polar surface area (TPSA) is 77.2 Å². The molecule has 3 heterocycles. The highest BCUT2D eigenvalue weighted by Gasteiger charge is 2.33. The van der Waals surface area contributed by atoms with E-state index in [0.29, 0.717) is 19.6 Å². The Hall–Kier alpha value is -4.10. The number of hydrogen-bond acceptors (Lipinski definition) is 5. The van der Waals surface area contributed by atoms with Crippen LogP contribution in [0.4, 0.5) is 0 Å². The molecule has 0 radical (unpaired) electrons. The number of benzene rings is 2. The number of pyridine rings is 2. The maximum atomic E-state index is 12.3. The first kappa shape index (κ1) is 31.3. The first-order chi connectivity index (χ1) is 20.9. The van der Waals surface area contributed by atoms with Gasteiger partial charge in [-0.15, -0.1) is 11.8 Å². The van der Waals surface area contributed by atoms with Crippen molar-refractivity contribution in [3.63, 3.8) is 0 Å². The van der Waals surface area contributed by atoms with Gasteiger partial charge in [0.1, 0.15) is 12.4 Å². The molecule has 5 rings (SSSR count). The van der Waals surface area contributed by atoms with Gasteiger partial charge < -0.3 is 14.4 Å². The second-order valence-electron chi connectivity index (χ2n) is 12.8. The van der Waals surface area contributed by atoms with E-state index >= 15 is 0 Å². The lowest BCUT2D eigenvalue weighted by atomic mass is 9.88. The molecule has 0 spiro atoms. The molecule has 228 valence electrons. The number of carboxylic acids is 1. The summed E-state index contributed by atoms with van der Waals surface area (Å²) in [7, 11) is 0. The predicted molar refractivity (Wildman–Crippen MR) is 179 cm³/mol. The molecule has 0 aliphatic heterocycles. The van der Waals surface area contributed by atoms with Gasteiger partial charge in [0.2, 0.25) is 0 Å². The summed E-state index contributed by atoms with van der Waals surface area (Å²) in [5, 5.41) is 11.2. The van der Waals surface area contributed by atoms with Crippen LogP contribution in [-0.4, -0.2) is 30.4 Å². The zero-order valence-corrected chi connectivity index (χ0v) is 27.2. The summed E-state index contributed by atoms with van der Waals surface area (Å²) in [5.41, 5.74) is 6.33. The average Bonchev–Trinajstić information content (AvgIpc) is 3.26. The Balaban J connectivity index is 1.57. The van der Waals surface area contributed by atoms with Crippen LogP contribution in [0.3, 0.4) is 0 Å². The van der Waals surface area contributed by atoms with E-state index in [1.165, 1.54) is 5.56 Å². The summed E-state index contributed by atoms with van der Waals surface area (Å²) >= 11 is 1.78. The highest BCUT2D eigenvalue weighted by Crippen LogP contribution is 2.44. The van der Waals surface area contributed by atoms with Crippen LogP contribution in [0.25, 0.3) is 22.2 Å². The van der Waals surface area contributed by atoms with Gasteiger partial charge in [-0.25, -0.2) is 0 Å². The molecule has 0 atom stereocenters. The van der Waals surface area contributed by atoms with E-state index < -0.39 is 11.4 Å². The normalized spacial score (nSPS) is 12.0. The fourth-order valence-corrected chi connectivity index (χ4v) is 6.31.